The molecule has 0 spiro atoms. The third-order valence-corrected chi connectivity index (χ3v) is 4.49. The van der Waals surface area contributed by atoms with Crippen molar-refractivity contribution in [1.29, 1.82) is 0 Å². The lowest BCUT2D eigenvalue weighted by Crippen LogP contribution is -2.13. The fourth-order valence-corrected chi connectivity index (χ4v) is 3.30. The lowest BCUT2D eigenvalue weighted by atomic mass is 9.86. The number of halogens is 1. The summed E-state index contributed by atoms with van der Waals surface area (Å²) in [5.74, 6) is -0.534. The molecule has 0 unspecified atom stereocenters. The molecule has 4 nitrogen and oxygen atoms in total. The fourth-order valence-electron chi connectivity index (χ4n) is 3.30. The minimum atomic E-state index is -0.624. The van der Waals surface area contributed by atoms with Crippen LogP contribution < -0.4 is 4.74 Å². The Bertz CT molecular complexity index is 1010. The van der Waals surface area contributed by atoms with Crippen LogP contribution in [0.2, 0.25) is 0 Å². The third kappa shape index (κ3) is 2.49. The van der Waals surface area contributed by atoms with Gasteiger partial charge in [-0.1, -0.05) is 30.3 Å². The van der Waals surface area contributed by atoms with Crippen LogP contribution in [-0.2, 0) is 11.3 Å². The van der Waals surface area contributed by atoms with E-state index < -0.39 is 5.97 Å². The van der Waals surface area contributed by atoms with Gasteiger partial charge in [-0.25, -0.2) is 9.18 Å². The topological polar surface area (TPSA) is 55.8 Å². The summed E-state index contributed by atoms with van der Waals surface area (Å²) in [5, 5.41) is 10.6. The van der Waals surface area contributed by atoms with Crippen molar-refractivity contribution < 1.29 is 23.8 Å². The Morgan fingerprint density at radius 2 is 1.85 bits per heavy atom. The van der Waals surface area contributed by atoms with Gasteiger partial charge in [-0.3, -0.25) is 0 Å². The molecule has 3 aromatic carbocycles. The zero-order chi connectivity index (χ0) is 18.3. The molecule has 0 saturated heterocycles. The number of carbonyl (C=O) groups is 1. The van der Waals surface area contributed by atoms with Gasteiger partial charge in [-0.15, -0.1) is 0 Å². The number of phenols is 1. The highest BCUT2D eigenvalue weighted by molar-refractivity contribution is 6.04. The number of hydrogen-bond donors (Lipinski definition) is 1. The normalized spacial score (nSPS) is 11.9. The van der Waals surface area contributed by atoms with E-state index in [-0.39, 0.29) is 23.7 Å². The van der Waals surface area contributed by atoms with Crippen molar-refractivity contribution in [1.82, 2.24) is 0 Å². The van der Waals surface area contributed by atoms with Crippen molar-refractivity contribution in [2.24, 2.45) is 0 Å². The van der Waals surface area contributed by atoms with Gasteiger partial charge in [0.1, 0.15) is 29.5 Å². The van der Waals surface area contributed by atoms with Crippen molar-refractivity contribution in [2.75, 3.05) is 7.11 Å². The number of hydrogen-bond acceptors (Lipinski definition) is 4. The zero-order valence-electron chi connectivity index (χ0n) is 14.0. The lowest BCUT2D eigenvalue weighted by Gasteiger charge is -2.26. The van der Waals surface area contributed by atoms with E-state index in [0.29, 0.717) is 22.4 Å². The van der Waals surface area contributed by atoms with Crippen LogP contribution in [0.5, 0.6) is 11.5 Å². The molecule has 0 fully saturated rings. The summed E-state index contributed by atoms with van der Waals surface area (Å²) < 4.78 is 24.0. The molecule has 1 heterocycles. The van der Waals surface area contributed by atoms with Crippen LogP contribution in [0.3, 0.4) is 0 Å². The Labute approximate surface area is 149 Å². The second-order valence-corrected chi connectivity index (χ2v) is 5.96. The van der Waals surface area contributed by atoms with E-state index in [4.69, 9.17) is 9.47 Å². The summed E-state index contributed by atoms with van der Waals surface area (Å²) in [6.07, 6.45) is 0. The van der Waals surface area contributed by atoms with Crippen LogP contribution in [0.4, 0.5) is 4.39 Å². The van der Waals surface area contributed by atoms with E-state index in [2.05, 4.69) is 0 Å². The minimum absolute atomic E-state index is 0.101. The molecule has 4 rings (SSSR count). The molecule has 0 radical (unpaired) electrons. The summed E-state index contributed by atoms with van der Waals surface area (Å²) in [4.78, 5) is 12.3. The number of benzene rings is 3. The average Bonchev–Trinajstić information content (AvgIpc) is 2.67. The molecular formula is C21H15FO4. The van der Waals surface area contributed by atoms with Gasteiger partial charge in [0.15, 0.2) is 0 Å². The minimum Gasteiger partial charge on any atom is -0.507 e. The molecule has 0 atom stereocenters. The van der Waals surface area contributed by atoms with Crippen molar-refractivity contribution in [3.05, 3.63) is 71.5 Å². The van der Waals surface area contributed by atoms with Gasteiger partial charge < -0.3 is 14.6 Å². The molecule has 1 aliphatic heterocycles. The number of esters is 1. The molecule has 0 aliphatic carbocycles. The second-order valence-electron chi connectivity index (χ2n) is 5.96. The van der Waals surface area contributed by atoms with Crippen LogP contribution in [0.1, 0.15) is 15.9 Å². The number of ether oxygens (including phenoxy) is 2. The average molecular weight is 350 g/mol. The van der Waals surface area contributed by atoms with E-state index in [9.17, 15) is 14.3 Å². The van der Waals surface area contributed by atoms with Gasteiger partial charge in [-0.05, 0) is 35.4 Å². The molecular weight excluding hydrogens is 335 g/mol. The Balaban J connectivity index is 2.06. The standard InChI is InChI=1S/C21H15FO4/c1-25-21(24)20-17(23)10-15(12-6-8-13(22)9-7-12)16-11-26-18-5-3-2-4-14(18)19(16)20/h2-10,23H,11H2,1H3. The zero-order valence-corrected chi connectivity index (χ0v) is 14.0. The van der Waals surface area contributed by atoms with Crippen LogP contribution in [-0.4, -0.2) is 18.2 Å². The highest BCUT2D eigenvalue weighted by atomic mass is 19.1. The van der Waals surface area contributed by atoms with Crippen molar-refractivity contribution in [3.8, 4) is 33.8 Å². The Hall–Kier alpha value is -3.34. The highest BCUT2D eigenvalue weighted by Crippen LogP contribution is 2.46. The first kappa shape index (κ1) is 16.1. The van der Waals surface area contributed by atoms with Gasteiger partial charge >= 0.3 is 5.97 Å². The van der Waals surface area contributed by atoms with E-state index in [0.717, 1.165) is 11.1 Å². The van der Waals surface area contributed by atoms with E-state index in [1.54, 1.807) is 18.2 Å². The van der Waals surface area contributed by atoms with Gasteiger partial charge in [0.2, 0.25) is 0 Å². The van der Waals surface area contributed by atoms with Crippen LogP contribution in [0, 0.1) is 5.82 Å². The largest absolute Gasteiger partial charge is 0.507 e. The first-order valence-electron chi connectivity index (χ1n) is 8.05. The summed E-state index contributed by atoms with van der Waals surface area (Å²) in [5.41, 5.74) is 3.53. The maximum Gasteiger partial charge on any atom is 0.342 e. The first-order chi connectivity index (χ1) is 12.6. The van der Waals surface area contributed by atoms with E-state index in [1.165, 1.54) is 25.3 Å². The van der Waals surface area contributed by atoms with Crippen molar-refractivity contribution in [2.45, 2.75) is 6.61 Å². The molecule has 0 aromatic heterocycles. The Kier molecular flexibility index (Phi) is 3.84. The maximum atomic E-state index is 13.3. The monoisotopic (exact) mass is 350 g/mol. The Morgan fingerprint density at radius 1 is 1.12 bits per heavy atom. The molecule has 5 heteroatoms. The summed E-state index contributed by atoms with van der Waals surface area (Å²) in [6, 6.07) is 14.8. The summed E-state index contributed by atoms with van der Waals surface area (Å²) >= 11 is 0. The molecule has 130 valence electrons. The van der Waals surface area contributed by atoms with Crippen LogP contribution >= 0.6 is 0 Å². The molecule has 3 aromatic rings. The number of carbonyl (C=O) groups excluding carboxylic acids is 1. The summed E-state index contributed by atoms with van der Waals surface area (Å²) in [7, 11) is 1.27. The van der Waals surface area contributed by atoms with Crippen molar-refractivity contribution >= 4 is 5.97 Å². The molecule has 1 aliphatic rings. The smallest absolute Gasteiger partial charge is 0.342 e. The number of fused-ring (bicyclic) bond motifs is 3. The maximum absolute atomic E-state index is 13.3. The molecule has 0 bridgehead atoms. The number of aromatic hydroxyl groups is 1. The molecule has 0 amide bonds. The van der Waals surface area contributed by atoms with Gasteiger partial charge in [-0.2, -0.15) is 0 Å². The van der Waals surface area contributed by atoms with Gasteiger partial charge in [0, 0.05) is 16.7 Å². The third-order valence-electron chi connectivity index (χ3n) is 4.49. The SMILES string of the molecule is COC(=O)c1c(O)cc(-c2ccc(F)cc2)c2c1-c1ccccc1OC2. The van der Waals surface area contributed by atoms with E-state index >= 15 is 0 Å². The van der Waals surface area contributed by atoms with Crippen molar-refractivity contribution in [3.63, 3.8) is 0 Å². The first-order valence-corrected chi connectivity index (χ1v) is 8.05. The number of phenolic OH excluding ortho intramolecular Hbond substituents is 1. The predicted molar refractivity (Wildman–Crippen MR) is 94.6 cm³/mol. The van der Waals surface area contributed by atoms with Gasteiger partial charge in [0.05, 0.1) is 7.11 Å². The van der Waals surface area contributed by atoms with Gasteiger partial charge in [0.25, 0.3) is 0 Å². The quantitative estimate of drug-likeness (QED) is 0.689. The van der Waals surface area contributed by atoms with Crippen LogP contribution in [0.15, 0.2) is 54.6 Å². The molecule has 0 saturated carbocycles. The predicted octanol–water partition coefficient (Wildman–Crippen LogP) is 4.54. The lowest BCUT2D eigenvalue weighted by molar-refractivity contribution is 0.0598. The molecule has 26 heavy (non-hydrogen) atoms. The second kappa shape index (κ2) is 6.19. The highest BCUT2D eigenvalue weighted by Gasteiger charge is 2.29. The summed E-state index contributed by atoms with van der Waals surface area (Å²) in [6.45, 7) is 0.226. The number of rotatable bonds is 2. The van der Waals surface area contributed by atoms with Crippen LogP contribution in [0.25, 0.3) is 22.3 Å². The fraction of sp³-hybridized carbons (Fsp3) is 0.0952. The number of para-hydroxylation sites is 1. The Morgan fingerprint density at radius 3 is 2.58 bits per heavy atom. The molecule has 1 N–H and O–H groups in total. The number of methoxy groups -OCH3 is 1. The van der Waals surface area contributed by atoms with E-state index in [1.807, 2.05) is 18.2 Å².